The molecule has 3 aromatic rings. The monoisotopic (exact) mass is 409 g/mol. The Morgan fingerprint density at radius 2 is 1.79 bits per heavy atom. The van der Waals surface area contributed by atoms with E-state index in [2.05, 4.69) is 5.32 Å². The Labute approximate surface area is 174 Å². The molecule has 5 nitrogen and oxygen atoms in total. The molecule has 0 radical (unpaired) electrons. The number of benzene rings is 2. The molecule has 1 heterocycles. The molecular formula is C23H23NO4S. The second kappa shape index (κ2) is 9.39. The number of amides is 1. The molecule has 2 aromatic carbocycles. The quantitative estimate of drug-likeness (QED) is 0.543. The maximum Gasteiger partial charge on any atom is 0.341 e. The molecule has 1 aromatic heterocycles. The predicted octanol–water partition coefficient (Wildman–Crippen LogP) is 5.23. The first-order valence-corrected chi connectivity index (χ1v) is 10.2. The Kier molecular flexibility index (Phi) is 6.67. The zero-order valence-electron chi connectivity index (χ0n) is 16.7. The molecule has 0 atom stereocenters. The van der Waals surface area contributed by atoms with Crippen molar-refractivity contribution in [1.82, 2.24) is 0 Å². The minimum Gasteiger partial charge on any atom is -0.483 e. The van der Waals surface area contributed by atoms with Gasteiger partial charge in [-0.25, -0.2) is 4.79 Å². The van der Waals surface area contributed by atoms with Crippen molar-refractivity contribution < 1.29 is 19.1 Å². The second-order valence-corrected chi connectivity index (χ2v) is 7.60. The predicted molar refractivity (Wildman–Crippen MR) is 116 cm³/mol. The van der Waals surface area contributed by atoms with Gasteiger partial charge in [0, 0.05) is 4.88 Å². The van der Waals surface area contributed by atoms with Crippen molar-refractivity contribution in [2.24, 2.45) is 0 Å². The molecule has 3 rings (SSSR count). The molecule has 0 fully saturated rings. The average Bonchev–Trinajstić information content (AvgIpc) is 3.13. The highest BCUT2D eigenvalue weighted by atomic mass is 32.1. The summed E-state index contributed by atoms with van der Waals surface area (Å²) in [5.74, 6) is -0.128. The maximum absolute atomic E-state index is 12.5. The van der Waals surface area contributed by atoms with Crippen molar-refractivity contribution in [3.8, 4) is 16.2 Å². The number of carbonyl (C=O) groups excluding carboxylic acids is 2. The summed E-state index contributed by atoms with van der Waals surface area (Å²) in [7, 11) is 0. The van der Waals surface area contributed by atoms with E-state index in [0.29, 0.717) is 16.3 Å². The third-order valence-corrected chi connectivity index (χ3v) is 5.34. The normalized spacial score (nSPS) is 10.4. The van der Waals surface area contributed by atoms with Gasteiger partial charge >= 0.3 is 5.97 Å². The Morgan fingerprint density at radius 1 is 1.03 bits per heavy atom. The zero-order chi connectivity index (χ0) is 20.8. The van der Waals surface area contributed by atoms with Crippen molar-refractivity contribution in [2.75, 3.05) is 18.5 Å². The van der Waals surface area contributed by atoms with Crippen LogP contribution in [0.1, 0.15) is 28.4 Å². The minimum absolute atomic E-state index is 0.148. The molecule has 1 amide bonds. The Balaban J connectivity index is 1.77. The molecule has 1 N–H and O–H groups in total. The van der Waals surface area contributed by atoms with Gasteiger partial charge in [0.15, 0.2) is 6.61 Å². The van der Waals surface area contributed by atoms with Crippen LogP contribution in [0, 0.1) is 13.8 Å². The van der Waals surface area contributed by atoms with Crippen molar-refractivity contribution in [1.29, 1.82) is 0 Å². The Hall–Kier alpha value is -3.12. The van der Waals surface area contributed by atoms with Gasteiger partial charge in [0.2, 0.25) is 0 Å². The molecule has 150 valence electrons. The molecule has 0 aliphatic rings. The van der Waals surface area contributed by atoms with Gasteiger partial charge in [-0.05, 0) is 49.6 Å². The van der Waals surface area contributed by atoms with Gasteiger partial charge in [-0.3, -0.25) is 4.79 Å². The van der Waals surface area contributed by atoms with Crippen LogP contribution in [-0.2, 0) is 9.53 Å². The number of hydrogen-bond acceptors (Lipinski definition) is 5. The lowest BCUT2D eigenvalue weighted by atomic mass is 10.1. The van der Waals surface area contributed by atoms with Crippen LogP contribution in [0.4, 0.5) is 5.00 Å². The highest BCUT2D eigenvalue weighted by Crippen LogP contribution is 2.36. The molecule has 0 spiro atoms. The van der Waals surface area contributed by atoms with E-state index in [1.807, 2.05) is 62.4 Å². The highest BCUT2D eigenvalue weighted by Gasteiger charge is 2.20. The Morgan fingerprint density at radius 3 is 2.52 bits per heavy atom. The topological polar surface area (TPSA) is 64.6 Å². The molecule has 0 aliphatic heterocycles. The van der Waals surface area contributed by atoms with Crippen molar-refractivity contribution in [2.45, 2.75) is 20.8 Å². The van der Waals surface area contributed by atoms with Gasteiger partial charge in [-0.1, -0.05) is 42.5 Å². The number of hydrogen-bond donors (Lipinski definition) is 1. The highest BCUT2D eigenvalue weighted by molar-refractivity contribution is 7.20. The van der Waals surface area contributed by atoms with Crippen LogP contribution < -0.4 is 10.1 Å². The van der Waals surface area contributed by atoms with E-state index in [1.54, 1.807) is 13.0 Å². The molecule has 29 heavy (non-hydrogen) atoms. The van der Waals surface area contributed by atoms with E-state index in [1.165, 1.54) is 11.3 Å². The van der Waals surface area contributed by atoms with E-state index in [-0.39, 0.29) is 19.1 Å². The summed E-state index contributed by atoms with van der Waals surface area (Å²) in [5.41, 5.74) is 3.32. The Bertz CT molecular complexity index is 1010. The fourth-order valence-electron chi connectivity index (χ4n) is 2.76. The third kappa shape index (κ3) is 5.23. The van der Waals surface area contributed by atoms with Crippen LogP contribution in [0.25, 0.3) is 10.4 Å². The summed E-state index contributed by atoms with van der Waals surface area (Å²) < 4.78 is 10.8. The van der Waals surface area contributed by atoms with Crippen LogP contribution in [0.5, 0.6) is 5.75 Å². The van der Waals surface area contributed by atoms with Gasteiger partial charge in [-0.15, -0.1) is 11.3 Å². The molecule has 0 unspecified atom stereocenters. The van der Waals surface area contributed by atoms with Crippen molar-refractivity contribution >= 4 is 28.2 Å². The SMILES string of the molecule is CCOC(=O)c1cc(-c2ccccc2)sc1NC(=O)COc1cc(C)ccc1C. The summed E-state index contributed by atoms with van der Waals surface area (Å²) in [5, 5.41) is 3.25. The van der Waals surface area contributed by atoms with Crippen molar-refractivity contribution in [3.05, 3.63) is 71.3 Å². The van der Waals surface area contributed by atoms with Crippen LogP contribution >= 0.6 is 11.3 Å². The first kappa shape index (κ1) is 20.6. The number of anilines is 1. The number of rotatable bonds is 7. The summed E-state index contributed by atoms with van der Waals surface area (Å²) in [6.45, 7) is 5.76. The number of esters is 1. The molecule has 6 heteroatoms. The summed E-state index contributed by atoms with van der Waals surface area (Å²) in [4.78, 5) is 25.7. The van der Waals surface area contributed by atoms with Gasteiger partial charge in [-0.2, -0.15) is 0 Å². The van der Waals surface area contributed by atoms with Gasteiger partial charge in [0.05, 0.1) is 12.2 Å². The largest absolute Gasteiger partial charge is 0.483 e. The standard InChI is InChI=1S/C23H23NO4S/c1-4-27-23(26)18-13-20(17-8-6-5-7-9-17)29-22(18)24-21(25)14-28-19-12-15(2)10-11-16(19)3/h5-13H,4,14H2,1-3H3,(H,24,25). The van der Waals surface area contributed by atoms with Crippen LogP contribution in [0.3, 0.4) is 0 Å². The maximum atomic E-state index is 12.5. The second-order valence-electron chi connectivity index (χ2n) is 6.55. The van der Waals surface area contributed by atoms with Gasteiger partial charge in [0.25, 0.3) is 5.91 Å². The minimum atomic E-state index is -0.461. The summed E-state index contributed by atoms with van der Waals surface area (Å²) in [6, 6.07) is 17.3. The van der Waals surface area contributed by atoms with Gasteiger partial charge < -0.3 is 14.8 Å². The third-order valence-electron chi connectivity index (χ3n) is 4.24. The lowest BCUT2D eigenvalue weighted by molar-refractivity contribution is -0.118. The van der Waals surface area contributed by atoms with E-state index >= 15 is 0 Å². The van der Waals surface area contributed by atoms with E-state index in [9.17, 15) is 9.59 Å². The van der Waals surface area contributed by atoms with Gasteiger partial charge in [0.1, 0.15) is 10.8 Å². The summed E-state index contributed by atoms with van der Waals surface area (Å²) in [6.07, 6.45) is 0. The number of nitrogens with one attached hydrogen (secondary N) is 1. The number of ether oxygens (including phenoxy) is 2. The molecule has 0 saturated carbocycles. The summed E-state index contributed by atoms with van der Waals surface area (Å²) >= 11 is 1.33. The average molecular weight is 410 g/mol. The zero-order valence-corrected chi connectivity index (χ0v) is 17.5. The first-order valence-electron chi connectivity index (χ1n) is 9.34. The number of carbonyl (C=O) groups is 2. The van der Waals surface area contributed by atoms with Crippen LogP contribution in [0.15, 0.2) is 54.6 Å². The molecule has 0 aliphatic carbocycles. The molecule has 0 bridgehead atoms. The van der Waals surface area contributed by atoms with E-state index in [4.69, 9.17) is 9.47 Å². The fraction of sp³-hybridized carbons (Fsp3) is 0.217. The van der Waals surface area contributed by atoms with E-state index < -0.39 is 5.97 Å². The number of thiophene rings is 1. The number of aryl methyl sites for hydroxylation is 2. The lowest BCUT2D eigenvalue weighted by Gasteiger charge is -2.10. The molecular weight excluding hydrogens is 386 g/mol. The van der Waals surface area contributed by atoms with Crippen molar-refractivity contribution in [3.63, 3.8) is 0 Å². The molecule has 0 saturated heterocycles. The van der Waals surface area contributed by atoms with Crippen LogP contribution in [-0.4, -0.2) is 25.1 Å². The lowest BCUT2D eigenvalue weighted by Crippen LogP contribution is -2.21. The first-order chi connectivity index (χ1) is 14.0. The fourth-order valence-corrected chi connectivity index (χ4v) is 3.83. The van der Waals surface area contributed by atoms with Crippen LogP contribution in [0.2, 0.25) is 0 Å². The van der Waals surface area contributed by atoms with E-state index in [0.717, 1.165) is 21.6 Å². The smallest absolute Gasteiger partial charge is 0.341 e.